The number of hydrogen-bond acceptors (Lipinski definition) is 5. The first-order valence-electron chi connectivity index (χ1n) is 8.32. The van der Waals surface area contributed by atoms with Gasteiger partial charge in [-0.15, -0.1) is 0 Å². The molecule has 0 aliphatic rings. The van der Waals surface area contributed by atoms with E-state index in [0.717, 1.165) is 17.0 Å². The summed E-state index contributed by atoms with van der Waals surface area (Å²) in [6, 6.07) is 15.9. The first-order valence-corrected chi connectivity index (χ1v) is 8.32. The van der Waals surface area contributed by atoms with Gasteiger partial charge in [0, 0.05) is 18.9 Å². The molecule has 138 valence electrons. The van der Waals surface area contributed by atoms with Crippen LogP contribution in [-0.2, 0) is 16.1 Å². The highest BCUT2D eigenvalue weighted by Crippen LogP contribution is 2.11. The molecular formula is C20H19N3O4. The van der Waals surface area contributed by atoms with Gasteiger partial charge in [0.05, 0.1) is 18.4 Å². The summed E-state index contributed by atoms with van der Waals surface area (Å²) >= 11 is 0. The van der Waals surface area contributed by atoms with Crippen molar-refractivity contribution in [3.05, 3.63) is 78.1 Å². The van der Waals surface area contributed by atoms with Crippen LogP contribution in [0.5, 0.6) is 5.75 Å². The largest absolute Gasteiger partial charge is 0.497 e. The summed E-state index contributed by atoms with van der Waals surface area (Å²) in [4.78, 5) is 23.9. The average Bonchev–Trinajstić information content (AvgIpc) is 3.26. The van der Waals surface area contributed by atoms with Crippen molar-refractivity contribution in [2.75, 3.05) is 13.7 Å². The lowest BCUT2D eigenvalue weighted by Crippen LogP contribution is -2.28. The fourth-order valence-corrected chi connectivity index (χ4v) is 2.38. The van der Waals surface area contributed by atoms with Gasteiger partial charge in [-0.2, -0.15) is 5.10 Å². The average molecular weight is 365 g/mol. The highest BCUT2D eigenvalue weighted by atomic mass is 16.5. The number of aromatic nitrogens is 2. The molecular weight excluding hydrogens is 346 g/mol. The van der Waals surface area contributed by atoms with E-state index in [4.69, 9.17) is 9.47 Å². The summed E-state index contributed by atoms with van der Waals surface area (Å²) < 4.78 is 11.8. The van der Waals surface area contributed by atoms with Gasteiger partial charge in [-0.3, -0.25) is 4.79 Å². The van der Waals surface area contributed by atoms with Crippen molar-refractivity contribution in [1.82, 2.24) is 15.1 Å². The topological polar surface area (TPSA) is 82.5 Å². The van der Waals surface area contributed by atoms with Crippen LogP contribution in [0.4, 0.5) is 0 Å². The minimum atomic E-state index is -0.554. The molecule has 2 aromatic carbocycles. The maximum absolute atomic E-state index is 12.1. The Morgan fingerprint density at radius 3 is 2.44 bits per heavy atom. The number of nitrogens with one attached hydrogen (secondary N) is 1. The van der Waals surface area contributed by atoms with Gasteiger partial charge < -0.3 is 14.8 Å². The Kier molecular flexibility index (Phi) is 5.84. The Hall–Kier alpha value is -3.61. The maximum atomic E-state index is 12.1. The first kappa shape index (κ1) is 18.2. The van der Waals surface area contributed by atoms with Gasteiger partial charge in [0.1, 0.15) is 5.75 Å². The quantitative estimate of drug-likeness (QED) is 0.650. The standard InChI is InChI=1S/C20H19N3O4/c1-26-18-9-3-15(4-10-18)13-21-19(24)14-27-20(25)16-5-7-17(8-6-16)23-12-2-11-22-23/h2-12H,13-14H2,1H3,(H,21,24). The Morgan fingerprint density at radius 2 is 1.81 bits per heavy atom. The minimum Gasteiger partial charge on any atom is -0.497 e. The van der Waals surface area contributed by atoms with E-state index in [0.29, 0.717) is 12.1 Å². The number of hydrogen-bond donors (Lipinski definition) is 1. The lowest BCUT2D eigenvalue weighted by atomic mass is 10.2. The van der Waals surface area contributed by atoms with E-state index in [-0.39, 0.29) is 12.5 Å². The Labute approximate surface area is 156 Å². The molecule has 3 rings (SSSR count). The SMILES string of the molecule is COc1ccc(CNC(=O)COC(=O)c2ccc(-n3cccn3)cc2)cc1. The maximum Gasteiger partial charge on any atom is 0.338 e. The van der Waals surface area contributed by atoms with Crippen LogP contribution in [0.25, 0.3) is 5.69 Å². The third-order valence-electron chi connectivity index (χ3n) is 3.86. The van der Waals surface area contributed by atoms with Gasteiger partial charge in [0.25, 0.3) is 5.91 Å². The van der Waals surface area contributed by atoms with Crippen LogP contribution < -0.4 is 10.1 Å². The van der Waals surface area contributed by atoms with Crippen LogP contribution in [0.15, 0.2) is 67.0 Å². The molecule has 0 bridgehead atoms. The predicted molar refractivity (Wildman–Crippen MR) is 98.7 cm³/mol. The number of carbonyl (C=O) groups is 2. The molecule has 0 unspecified atom stereocenters. The second-order valence-corrected chi connectivity index (χ2v) is 5.70. The van der Waals surface area contributed by atoms with Crippen LogP contribution in [0.2, 0.25) is 0 Å². The summed E-state index contributed by atoms with van der Waals surface area (Å²) in [5, 5.41) is 6.82. The predicted octanol–water partition coefficient (Wildman–Crippen LogP) is 2.35. The Balaban J connectivity index is 1.45. The van der Waals surface area contributed by atoms with Gasteiger partial charge in [-0.05, 0) is 48.0 Å². The number of esters is 1. The molecule has 1 aromatic heterocycles. The lowest BCUT2D eigenvalue weighted by Gasteiger charge is -2.08. The fraction of sp³-hybridized carbons (Fsp3) is 0.150. The second-order valence-electron chi connectivity index (χ2n) is 5.70. The van der Waals surface area contributed by atoms with Gasteiger partial charge in [-0.25, -0.2) is 9.48 Å². The van der Waals surface area contributed by atoms with Crippen LogP contribution in [0.3, 0.4) is 0 Å². The molecule has 1 N–H and O–H groups in total. The summed E-state index contributed by atoms with van der Waals surface area (Å²) in [7, 11) is 1.59. The minimum absolute atomic E-state index is 0.337. The Bertz CT molecular complexity index is 888. The third kappa shape index (κ3) is 4.94. The van der Waals surface area contributed by atoms with Crippen molar-refractivity contribution in [3.8, 4) is 11.4 Å². The van der Waals surface area contributed by atoms with Crippen LogP contribution in [0.1, 0.15) is 15.9 Å². The smallest absolute Gasteiger partial charge is 0.338 e. The van der Waals surface area contributed by atoms with Crippen molar-refractivity contribution < 1.29 is 19.1 Å². The molecule has 0 saturated carbocycles. The van der Waals surface area contributed by atoms with Gasteiger partial charge in [0.2, 0.25) is 0 Å². The molecule has 0 radical (unpaired) electrons. The summed E-state index contributed by atoms with van der Waals surface area (Å²) in [6.45, 7) is 0.00877. The molecule has 1 amide bonds. The number of benzene rings is 2. The second kappa shape index (κ2) is 8.66. The molecule has 0 saturated heterocycles. The lowest BCUT2D eigenvalue weighted by molar-refractivity contribution is -0.124. The number of ether oxygens (including phenoxy) is 2. The van der Waals surface area contributed by atoms with Gasteiger partial charge >= 0.3 is 5.97 Å². The zero-order chi connectivity index (χ0) is 19.1. The zero-order valence-corrected chi connectivity index (χ0v) is 14.8. The molecule has 27 heavy (non-hydrogen) atoms. The van der Waals surface area contributed by atoms with Crippen LogP contribution >= 0.6 is 0 Å². The Morgan fingerprint density at radius 1 is 1.07 bits per heavy atom. The summed E-state index contributed by atoms with van der Waals surface area (Å²) in [6.07, 6.45) is 3.48. The van der Waals surface area contributed by atoms with Crippen molar-refractivity contribution in [2.45, 2.75) is 6.54 Å². The van der Waals surface area contributed by atoms with E-state index in [9.17, 15) is 9.59 Å². The first-order chi connectivity index (χ1) is 13.2. The molecule has 7 nitrogen and oxygen atoms in total. The molecule has 3 aromatic rings. The third-order valence-corrected chi connectivity index (χ3v) is 3.86. The van der Waals surface area contributed by atoms with Crippen molar-refractivity contribution in [2.24, 2.45) is 0 Å². The van der Waals surface area contributed by atoms with E-state index >= 15 is 0 Å². The molecule has 1 heterocycles. The van der Waals surface area contributed by atoms with E-state index in [1.807, 2.05) is 30.3 Å². The van der Waals surface area contributed by atoms with E-state index < -0.39 is 5.97 Å². The molecule has 0 atom stereocenters. The molecule has 0 aliphatic carbocycles. The fourth-order valence-electron chi connectivity index (χ4n) is 2.38. The van der Waals surface area contributed by atoms with Gasteiger partial charge in [-0.1, -0.05) is 12.1 Å². The van der Waals surface area contributed by atoms with Crippen LogP contribution in [0, 0.1) is 0 Å². The highest BCUT2D eigenvalue weighted by molar-refractivity contribution is 5.91. The normalized spacial score (nSPS) is 10.3. The highest BCUT2D eigenvalue weighted by Gasteiger charge is 2.10. The number of methoxy groups -OCH3 is 1. The van der Waals surface area contributed by atoms with E-state index in [2.05, 4.69) is 10.4 Å². The van der Waals surface area contributed by atoms with E-state index in [1.165, 1.54) is 0 Å². The number of rotatable bonds is 7. The zero-order valence-electron chi connectivity index (χ0n) is 14.8. The number of amides is 1. The number of nitrogens with zero attached hydrogens (tertiary/aromatic N) is 2. The molecule has 0 fully saturated rings. The molecule has 0 spiro atoms. The van der Waals surface area contributed by atoms with Crippen LogP contribution in [-0.4, -0.2) is 35.4 Å². The summed E-state index contributed by atoms with van der Waals surface area (Å²) in [5.41, 5.74) is 2.12. The van der Waals surface area contributed by atoms with E-state index in [1.54, 1.807) is 48.5 Å². The summed E-state index contributed by atoms with van der Waals surface area (Å²) in [5.74, 6) is -0.175. The van der Waals surface area contributed by atoms with Crippen molar-refractivity contribution >= 4 is 11.9 Å². The van der Waals surface area contributed by atoms with Gasteiger partial charge in [0.15, 0.2) is 6.61 Å². The van der Waals surface area contributed by atoms with Crippen molar-refractivity contribution in [1.29, 1.82) is 0 Å². The monoisotopic (exact) mass is 365 g/mol. The van der Waals surface area contributed by atoms with Crippen molar-refractivity contribution in [3.63, 3.8) is 0 Å². The number of carbonyl (C=O) groups excluding carboxylic acids is 2. The molecule has 7 heteroatoms. The molecule has 0 aliphatic heterocycles.